The van der Waals surface area contributed by atoms with E-state index in [1.54, 1.807) is 12.1 Å². The lowest BCUT2D eigenvalue weighted by molar-refractivity contribution is 0.598. The van der Waals surface area contributed by atoms with Crippen LogP contribution in [0.15, 0.2) is 18.3 Å². The second-order valence-corrected chi connectivity index (χ2v) is 6.33. The molecule has 0 fully saturated rings. The number of hydrogen-bond donors (Lipinski definition) is 2. The molecule has 1 aromatic heterocycles. The third-order valence-corrected chi connectivity index (χ3v) is 4.01. The van der Waals surface area contributed by atoms with Gasteiger partial charge in [0.2, 0.25) is 10.0 Å². The standard InChI is InChI=1S/C13H23N3O2S/c1-3-5-9-14-13-8-7-12(11-15-13)16-19(17,18)10-6-4-2/h7-8,11,16H,3-6,9-10H2,1-2H3,(H,14,15). The first-order valence-corrected chi connectivity index (χ1v) is 8.43. The molecule has 0 amide bonds. The molecular formula is C13H23N3O2S. The molecule has 1 aromatic rings. The number of pyridine rings is 1. The predicted octanol–water partition coefficient (Wildman–Crippen LogP) is 2.84. The van der Waals surface area contributed by atoms with Crippen LogP contribution in [0.3, 0.4) is 0 Å². The van der Waals surface area contributed by atoms with Crippen LogP contribution in [-0.4, -0.2) is 25.7 Å². The van der Waals surface area contributed by atoms with E-state index in [-0.39, 0.29) is 5.75 Å². The van der Waals surface area contributed by atoms with Gasteiger partial charge in [-0.1, -0.05) is 26.7 Å². The van der Waals surface area contributed by atoms with Gasteiger partial charge in [-0.15, -0.1) is 0 Å². The van der Waals surface area contributed by atoms with E-state index in [1.807, 2.05) is 6.92 Å². The Morgan fingerprint density at radius 1 is 1.16 bits per heavy atom. The summed E-state index contributed by atoms with van der Waals surface area (Å²) in [7, 11) is -3.24. The van der Waals surface area contributed by atoms with Gasteiger partial charge in [-0.05, 0) is 25.0 Å². The van der Waals surface area contributed by atoms with Crippen LogP contribution in [-0.2, 0) is 10.0 Å². The van der Waals surface area contributed by atoms with Gasteiger partial charge in [0.25, 0.3) is 0 Å². The number of nitrogens with one attached hydrogen (secondary N) is 2. The van der Waals surface area contributed by atoms with E-state index < -0.39 is 10.0 Å². The summed E-state index contributed by atoms with van der Waals surface area (Å²) in [5, 5.41) is 3.18. The van der Waals surface area contributed by atoms with Crippen LogP contribution in [0.25, 0.3) is 0 Å². The zero-order valence-corrected chi connectivity index (χ0v) is 12.5. The van der Waals surface area contributed by atoms with E-state index in [2.05, 4.69) is 21.9 Å². The first-order chi connectivity index (χ1) is 9.07. The third kappa shape index (κ3) is 6.42. The van der Waals surface area contributed by atoms with Gasteiger partial charge < -0.3 is 5.32 Å². The summed E-state index contributed by atoms with van der Waals surface area (Å²) in [5.41, 5.74) is 0.511. The molecule has 0 aliphatic rings. The summed E-state index contributed by atoms with van der Waals surface area (Å²) in [6.45, 7) is 4.97. The van der Waals surface area contributed by atoms with Gasteiger partial charge in [0.1, 0.15) is 5.82 Å². The van der Waals surface area contributed by atoms with E-state index in [0.29, 0.717) is 12.1 Å². The second-order valence-electron chi connectivity index (χ2n) is 4.49. The van der Waals surface area contributed by atoms with E-state index in [9.17, 15) is 8.42 Å². The van der Waals surface area contributed by atoms with Crippen LogP contribution in [0, 0.1) is 0 Å². The maximum atomic E-state index is 11.7. The molecule has 0 unspecified atom stereocenters. The molecule has 0 radical (unpaired) electrons. The van der Waals surface area contributed by atoms with Crippen LogP contribution in [0.4, 0.5) is 11.5 Å². The Kier molecular flexibility index (Phi) is 6.62. The minimum absolute atomic E-state index is 0.153. The summed E-state index contributed by atoms with van der Waals surface area (Å²) in [5.74, 6) is 0.921. The SMILES string of the molecule is CCCCNc1ccc(NS(=O)(=O)CCCC)cn1. The number of hydrogen-bond acceptors (Lipinski definition) is 4. The van der Waals surface area contributed by atoms with Gasteiger partial charge >= 0.3 is 0 Å². The van der Waals surface area contributed by atoms with Crippen LogP contribution in [0.5, 0.6) is 0 Å². The molecule has 0 saturated carbocycles. The Bertz CT molecular complexity index is 457. The monoisotopic (exact) mass is 285 g/mol. The lowest BCUT2D eigenvalue weighted by atomic mass is 10.3. The first-order valence-electron chi connectivity index (χ1n) is 6.78. The Balaban J connectivity index is 2.52. The molecule has 0 spiro atoms. The minimum Gasteiger partial charge on any atom is -0.370 e. The highest BCUT2D eigenvalue weighted by Crippen LogP contribution is 2.12. The Morgan fingerprint density at radius 2 is 1.89 bits per heavy atom. The second kappa shape index (κ2) is 7.99. The van der Waals surface area contributed by atoms with Crippen molar-refractivity contribution in [1.29, 1.82) is 0 Å². The molecule has 1 rings (SSSR count). The van der Waals surface area contributed by atoms with Crippen LogP contribution in [0.2, 0.25) is 0 Å². The molecule has 108 valence electrons. The van der Waals surface area contributed by atoms with E-state index in [1.165, 1.54) is 6.20 Å². The van der Waals surface area contributed by atoms with Crippen molar-refractivity contribution in [2.24, 2.45) is 0 Å². The lowest BCUT2D eigenvalue weighted by Crippen LogP contribution is -2.16. The summed E-state index contributed by atoms with van der Waals surface area (Å²) in [4.78, 5) is 4.18. The van der Waals surface area contributed by atoms with E-state index in [4.69, 9.17) is 0 Å². The summed E-state index contributed by atoms with van der Waals surface area (Å²) < 4.78 is 25.9. The Hall–Kier alpha value is -1.30. The number of aromatic nitrogens is 1. The maximum absolute atomic E-state index is 11.7. The fourth-order valence-electron chi connectivity index (χ4n) is 1.52. The fraction of sp³-hybridized carbons (Fsp3) is 0.615. The van der Waals surface area contributed by atoms with Crippen LogP contribution >= 0.6 is 0 Å². The van der Waals surface area contributed by atoms with Gasteiger partial charge in [0.05, 0.1) is 17.6 Å². The maximum Gasteiger partial charge on any atom is 0.232 e. The number of unbranched alkanes of at least 4 members (excludes halogenated alkanes) is 2. The molecule has 6 heteroatoms. The van der Waals surface area contributed by atoms with E-state index >= 15 is 0 Å². The number of anilines is 2. The fourth-order valence-corrected chi connectivity index (χ4v) is 2.77. The van der Waals surface area contributed by atoms with Crippen molar-refractivity contribution in [3.05, 3.63) is 18.3 Å². The van der Waals surface area contributed by atoms with Crippen molar-refractivity contribution < 1.29 is 8.42 Å². The van der Waals surface area contributed by atoms with Gasteiger partial charge in [-0.2, -0.15) is 0 Å². The highest BCUT2D eigenvalue weighted by molar-refractivity contribution is 7.92. The van der Waals surface area contributed by atoms with E-state index in [0.717, 1.165) is 31.6 Å². The lowest BCUT2D eigenvalue weighted by Gasteiger charge is -2.08. The average Bonchev–Trinajstić information content (AvgIpc) is 2.38. The number of nitrogens with zero attached hydrogens (tertiary/aromatic N) is 1. The largest absolute Gasteiger partial charge is 0.370 e. The normalized spacial score (nSPS) is 11.3. The van der Waals surface area contributed by atoms with Crippen LogP contribution in [0.1, 0.15) is 39.5 Å². The molecule has 1 heterocycles. The molecule has 0 aromatic carbocycles. The Labute approximate surface area is 115 Å². The zero-order chi connectivity index (χ0) is 14.1. The molecule has 2 N–H and O–H groups in total. The Morgan fingerprint density at radius 3 is 2.47 bits per heavy atom. The molecule has 0 aliphatic heterocycles. The first kappa shape index (κ1) is 15.8. The zero-order valence-electron chi connectivity index (χ0n) is 11.6. The molecule has 0 atom stereocenters. The average molecular weight is 285 g/mol. The number of rotatable bonds is 9. The topological polar surface area (TPSA) is 71.1 Å². The molecular weight excluding hydrogens is 262 g/mol. The highest BCUT2D eigenvalue weighted by atomic mass is 32.2. The van der Waals surface area contributed by atoms with Crippen molar-refractivity contribution in [2.45, 2.75) is 39.5 Å². The highest BCUT2D eigenvalue weighted by Gasteiger charge is 2.09. The summed E-state index contributed by atoms with van der Waals surface area (Å²) in [6.07, 6.45) is 5.28. The van der Waals surface area contributed by atoms with Crippen LogP contribution < -0.4 is 10.0 Å². The number of sulfonamides is 1. The molecule has 0 saturated heterocycles. The summed E-state index contributed by atoms with van der Waals surface area (Å²) >= 11 is 0. The van der Waals surface area contributed by atoms with Gasteiger partial charge in [-0.25, -0.2) is 13.4 Å². The van der Waals surface area contributed by atoms with Crippen molar-refractivity contribution in [3.8, 4) is 0 Å². The summed E-state index contributed by atoms with van der Waals surface area (Å²) in [6, 6.07) is 3.51. The smallest absolute Gasteiger partial charge is 0.232 e. The molecule has 19 heavy (non-hydrogen) atoms. The molecule has 5 nitrogen and oxygen atoms in total. The van der Waals surface area contributed by atoms with Crippen molar-refractivity contribution in [2.75, 3.05) is 22.3 Å². The predicted molar refractivity (Wildman–Crippen MR) is 80.0 cm³/mol. The van der Waals surface area contributed by atoms with Crippen molar-refractivity contribution >= 4 is 21.5 Å². The van der Waals surface area contributed by atoms with Gasteiger partial charge in [0, 0.05) is 6.54 Å². The van der Waals surface area contributed by atoms with Gasteiger partial charge in [-0.3, -0.25) is 4.72 Å². The molecule has 0 aliphatic carbocycles. The third-order valence-electron chi connectivity index (χ3n) is 2.64. The van der Waals surface area contributed by atoms with Gasteiger partial charge in [0.15, 0.2) is 0 Å². The minimum atomic E-state index is -3.24. The molecule has 0 bridgehead atoms. The van der Waals surface area contributed by atoms with Crippen molar-refractivity contribution in [1.82, 2.24) is 4.98 Å². The quantitative estimate of drug-likeness (QED) is 0.684. The van der Waals surface area contributed by atoms with Crippen molar-refractivity contribution in [3.63, 3.8) is 0 Å².